The second kappa shape index (κ2) is 5.80. The highest BCUT2D eigenvalue weighted by Crippen LogP contribution is 2.35. The Morgan fingerprint density at radius 1 is 1.30 bits per heavy atom. The smallest absolute Gasteiger partial charge is 0.339 e. The zero-order valence-electron chi connectivity index (χ0n) is 11.6. The molecule has 104 valence electrons. The Kier molecular flexibility index (Phi) is 3.88. The lowest BCUT2D eigenvalue weighted by Gasteiger charge is -2.24. The van der Waals surface area contributed by atoms with E-state index in [-0.39, 0.29) is 5.97 Å². The maximum absolute atomic E-state index is 12.0. The first-order valence-electron chi connectivity index (χ1n) is 7.09. The van der Waals surface area contributed by atoms with E-state index in [2.05, 4.69) is 29.6 Å². The van der Waals surface area contributed by atoms with Crippen LogP contribution in [0.25, 0.3) is 0 Å². The first kappa shape index (κ1) is 13.4. The number of rotatable bonds is 3. The van der Waals surface area contributed by atoms with Gasteiger partial charge in [-0.1, -0.05) is 24.3 Å². The lowest BCUT2D eigenvalue weighted by molar-refractivity contribution is 0.0525. The summed E-state index contributed by atoms with van der Waals surface area (Å²) in [6.07, 6.45) is 3.23. The fraction of sp³-hybridized carbons (Fsp3) is 0.353. The van der Waals surface area contributed by atoms with Crippen molar-refractivity contribution in [2.45, 2.75) is 32.1 Å². The molecule has 1 aromatic carbocycles. The van der Waals surface area contributed by atoms with Gasteiger partial charge in [0.15, 0.2) is 0 Å². The average Bonchev–Trinajstić information content (AvgIpc) is 2.96. The third-order valence-corrected chi connectivity index (χ3v) is 4.74. The van der Waals surface area contributed by atoms with E-state index in [0.717, 1.165) is 24.8 Å². The number of thiophene rings is 1. The van der Waals surface area contributed by atoms with Crippen molar-refractivity contribution in [3.63, 3.8) is 0 Å². The van der Waals surface area contributed by atoms with Gasteiger partial charge < -0.3 is 4.74 Å². The second-order valence-corrected chi connectivity index (χ2v) is 5.91. The van der Waals surface area contributed by atoms with Gasteiger partial charge in [0.05, 0.1) is 12.2 Å². The fourth-order valence-electron chi connectivity index (χ4n) is 2.96. The van der Waals surface area contributed by atoms with Gasteiger partial charge in [-0.15, -0.1) is 0 Å². The molecule has 1 aromatic heterocycles. The summed E-state index contributed by atoms with van der Waals surface area (Å²) in [6, 6.07) is 8.62. The topological polar surface area (TPSA) is 26.3 Å². The van der Waals surface area contributed by atoms with Gasteiger partial charge in [0, 0.05) is 5.38 Å². The van der Waals surface area contributed by atoms with Crippen molar-refractivity contribution < 1.29 is 9.53 Å². The summed E-state index contributed by atoms with van der Waals surface area (Å²) in [7, 11) is 0. The van der Waals surface area contributed by atoms with Gasteiger partial charge in [-0.3, -0.25) is 0 Å². The Labute approximate surface area is 123 Å². The molecule has 0 fully saturated rings. The number of carbonyl (C=O) groups is 1. The van der Waals surface area contributed by atoms with Gasteiger partial charge in [0.2, 0.25) is 0 Å². The SMILES string of the molecule is CCOC(=O)c1cscc1C1CCc2ccccc2C1. The lowest BCUT2D eigenvalue weighted by Crippen LogP contribution is -2.15. The Balaban J connectivity index is 1.85. The van der Waals surface area contributed by atoms with Crippen LogP contribution in [0.15, 0.2) is 35.0 Å². The maximum atomic E-state index is 12.0. The quantitative estimate of drug-likeness (QED) is 0.791. The molecule has 1 aliphatic rings. The predicted molar refractivity (Wildman–Crippen MR) is 81.5 cm³/mol. The molecular formula is C17H18O2S. The highest BCUT2D eigenvalue weighted by Gasteiger charge is 2.25. The molecule has 0 aliphatic heterocycles. The minimum absolute atomic E-state index is 0.178. The van der Waals surface area contributed by atoms with Crippen molar-refractivity contribution >= 4 is 17.3 Å². The first-order chi connectivity index (χ1) is 9.79. The zero-order chi connectivity index (χ0) is 13.9. The van der Waals surface area contributed by atoms with Crippen LogP contribution in [0.4, 0.5) is 0 Å². The normalized spacial score (nSPS) is 17.6. The molecule has 0 saturated carbocycles. The van der Waals surface area contributed by atoms with E-state index < -0.39 is 0 Å². The van der Waals surface area contributed by atoms with Gasteiger partial charge in [0.1, 0.15) is 0 Å². The number of fused-ring (bicyclic) bond motifs is 1. The highest BCUT2D eigenvalue weighted by molar-refractivity contribution is 7.08. The molecule has 0 spiro atoms. The maximum Gasteiger partial charge on any atom is 0.339 e. The molecular weight excluding hydrogens is 268 g/mol. The van der Waals surface area contributed by atoms with Gasteiger partial charge in [-0.25, -0.2) is 4.79 Å². The van der Waals surface area contributed by atoms with Gasteiger partial charge in [0.25, 0.3) is 0 Å². The standard InChI is InChI=1S/C17H18O2S/c1-2-19-17(18)16-11-20-10-15(16)14-8-7-12-5-3-4-6-13(12)9-14/h3-6,10-11,14H,2,7-9H2,1H3. The number of ether oxygens (including phenoxy) is 1. The van der Waals surface area contributed by atoms with Crippen molar-refractivity contribution in [3.8, 4) is 0 Å². The molecule has 1 heterocycles. The summed E-state index contributed by atoms with van der Waals surface area (Å²) in [5.41, 5.74) is 4.81. The van der Waals surface area contributed by atoms with E-state index in [1.165, 1.54) is 16.7 Å². The number of hydrogen-bond donors (Lipinski definition) is 0. The van der Waals surface area contributed by atoms with E-state index in [4.69, 9.17) is 4.74 Å². The summed E-state index contributed by atoms with van der Waals surface area (Å²) in [5, 5.41) is 4.04. The summed E-state index contributed by atoms with van der Waals surface area (Å²) in [6.45, 7) is 2.28. The molecule has 0 radical (unpaired) electrons. The molecule has 1 unspecified atom stereocenters. The zero-order valence-corrected chi connectivity index (χ0v) is 12.4. The first-order valence-corrected chi connectivity index (χ1v) is 8.04. The number of hydrogen-bond acceptors (Lipinski definition) is 3. The Bertz CT molecular complexity index is 615. The predicted octanol–water partition coefficient (Wildman–Crippen LogP) is 4.20. The lowest BCUT2D eigenvalue weighted by atomic mass is 9.80. The number of carbonyl (C=O) groups excluding carboxylic acids is 1. The number of aryl methyl sites for hydroxylation is 1. The number of benzene rings is 1. The summed E-state index contributed by atoms with van der Waals surface area (Å²) >= 11 is 1.59. The Morgan fingerprint density at radius 3 is 2.90 bits per heavy atom. The van der Waals surface area contributed by atoms with Crippen molar-refractivity contribution in [2.24, 2.45) is 0 Å². The number of esters is 1. The van der Waals surface area contributed by atoms with Crippen LogP contribution in [0.2, 0.25) is 0 Å². The van der Waals surface area contributed by atoms with Gasteiger partial charge in [-0.05, 0) is 54.2 Å². The molecule has 3 heteroatoms. The molecule has 3 rings (SSSR count). The molecule has 0 N–H and O–H groups in total. The summed E-state index contributed by atoms with van der Waals surface area (Å²) in [4.78, 5) is 12.0. The van der Waals surface area contributed by atoms with Crippen molar-refractivity contribution in [2.75, 3.05) is 6.61 Å². The molecule has 2 aromatic rings. The molecule has 2 nitrogen and oxygen atoms in total. The average molecular weight is 286 g/mol. The van der Waals surface area contributed by atoms with Crippen molar-refractivity contribution in [1.82, 2.24) is 0 Å². The second-order valence-electron chi connectivity index (χ2n) is 5.17. The van der Waals surface area contributed by atoms with E-state index in [0.29, 0.717) is 12.5 Å². The summed E-state index contributed by atoms with van der Waals surface area (Å²) in [5.74, 6) is 0.262. The third-order valence-electron chi connectivity index (χ3n) is 3.97. The van der Waals surface area contributed by atoms with Crippen LogP contribution in [0.3, 0.4) is 0 Å². The molecule has 1 atom stereocenters. The van der Waals surface area contributed by atoms with E-state index in [1.54, 1.807) is 11.3 Å². The molecule has 0 saturated heterocycles. The van der Waals surface area contributed by atoms with Crippen molar-refractivity contribution in [3.05, 3.63) is 57.3 Å². The van der Waals surface area contributed by atoms with Gasteiger partial charge >= 0.3 is 5.97 Å². The van der Waals surface area contributed by atoms with Crippen LogP contribution in [0, 0.1) is 0 Å². The van der Waals surface area contributed by atoms with Gasteiger partial charge in [-0.2, -0.15) is 11.3 Å². The largest absolute Gasteiger partial charge is 0.462 e. The molecule has 0 bridgehead atoms. The third kappa shape index (κ3) is 2.50. The van der Waals surface area contributed by atoms with Crippen LogP contribution in [0.1, 0.15) is 46.3 Å². The van der Waals surface area contributed by atoms with Crippen molar-refractivity contribution in [1.29, 1.82) is 0 Å². The van der Waals surface area contributed by atoms with Crippen LogP contribution < -0.4 is 0 Å². The minimum Gasteiger partial charge on any atom is -0.462 e. The highest BCUT2D eigenvalue weighted by atomic mass is 32.1. The minimum atomic E-state index is -0.178. The van der Waals surface area contributed by atoms with Crippen LogP contribution >= 0.6 is 11.3 Å². The monoisotopic (exact) mass is 286 g/mol. The van der Waals surface area contributed by atoms with E-state index >= 15 is 0 Å². The molecule has 20 heavy (non-hydrogen) atoms. The van der Waals surface area contributed by atoms with E-state index in [9.17, 15) is 4.79 Å². The van der Waals surface area contributed by atoms with Crippen LogP contribution in [0.5, 0.6) is 0 Å². The van der Waals surface area contributed by atoms with Crippen LogP contribution in [-0.2, 0) is 17.6 Å². The molecule has 0 amide bonds. The van der Waals surface area contributed by atoms with Crippen LogP contribution in [-0.4, -0.2) is 12.6 Å². The summed E-state index contributed by atoms with van der Waals surface area (Å²) < 4.78 is 5.15. The fourth-order valence-corrected chi connectivity index (χ4v) is 3.86. The molecule has 1 aliphatic carbocycles. The van der Waals surface area contributed by atoms with E-state index in [1.807, 2.05) is 12.3 Å². The Hall–Kier alpha value is -1.61. The Morgan fingerprint density at radius 2 is 2.10 bits per heavy atom.